The lowest BCUT2D eigenvalue weighted by Crippen LogP contribution is -2.45. The van der Waals surface area contributed by atoms with Gasteiger partial charge in [-0.25, -0.2) is 9.59 Å². The summed E-state index contributed by atoms with van der Waals surface area (Å²) in [6.07, 6.45) is 0.0391. The molecule has 0 fully saturated rings. The van der Waals surface area contributed by atoms with Crippen molar-refractivity contribution in [1.82, 2.24) is 10.6 Å². The van der Waals surface area contributed by atoms with Gasteiger partial charge in [-0.1, -0.05) is 0 Å². The lowest BCUT2D eigenvalue weighted by Gasteiger charge is -2.29. The first-order chi connectivity index (χ1) is 13.8. The molecule has 160 valence electrons. The van der Waals surface area contributed by atoms with Gasteiger partial charge in [0.05, 0.1) is 45.7 Å². The van der Waals surface area contributed by atoms with Crippen LogP contribution in [0.15, 0.2) is 23.4 Å². The fraction of sp³-hybridized carbons (Fsp3) is 0.500. The van der Waals surface area contributed by atoms with Crippen LogP contribution in [0.3, 0.4) is 0 Å². The molecule has 0 unspecified atom stereocenters. The first-order valence-corrected chi connectivity index (χ1v) is 9.19. The molecular weight excluding hydrogens is 380 g/mol. The summed E-state index contributed by atoms with van der Waals surface area (Å²) in [4.78, 5) is 24.8. The molecule has 2 amide bonds. The van der Waals surface area contributed by atoms with Crippen LogP contribution in [-0.2, 0) is 14.3 Å². The number of esters is 1. The molecule has 1 aliphatic heterocycles. The van der Waals surface area contributed by atoms with E-state index in [1.54, 1.807) is 19.1 Å². The Labute approximate surface area is 170 Å². The zero-order chi connectivity index (χ0) is 21.6. The molecule has 1 aliphatic rings. The van der Waals surface area contributed by atoms with Crippen LogP contribution < -0.4 is 24.8 Å². The number of urea groups is 1. The molecule has 0 saturated heterocycles. The van der Waals surface area contributed by atoms with Crippen LogP contribution in [0.5, 0.6) is 17.2 Å². The standard InChI is InChI=1S/C20H28N2O7/c1-11(2)28-7-8-29-19(23)16-12(3)21-20(24)22-17(16)13-9-14(25-4)18(27-6)15(10-13)26-5/h9-11,17H,7-8H2,1-6H3,(H2,21,22,24)/t17-/m0/s1. The summed E-state index contributed by atoms with van der Waals surface area (Å²) in [7, 11) is 4.48. The third-order valence-electron chi connectivity index (χ3n) is 4.28. The third kappa shape index (κ3) is 5.32. The average Bonchev–Trinajstić information content (AvgIpc) is 2.68. The van der Waals surface area contributed by atoms with E-state index in [1.165, 1.54) is 21.3 Å². The molecule has 0 aliphatic carbocycles. The molecule has 1 atom stereocenters. The van der Waals surface area contributed by atoms with Crippen molar-refractivity contribution < 1.29 is 33.3 Å². The van der Waals surface area contributed by atoms with E-state index in [0.29, 0.717) is 28.5 Å². The van der Waals surface area contributed by atoms with E-state index in [-0.39, 0.29) is 24.9 Å². The summed E-state index contributed by atoms with van der Waals surface area (Å²) in [6, 6.07) is 2.18. The Balaban J connectivity index is 2.37. The minimum Gasteiger partial charge on any atom is -0.493 e. The number of benzene rings is 1. The highest BCUT2D eigenvalue weighted by molar-refractivity contribution is 5.95. The Morgan fingerprint density at radius 3 is 2.21 bits per heavy atom. The number of amides is 2. The molecule has 1 heterocycles. The zero-order valence-electron chi connectivity index (χ0n) is 17.6. The molecule has 9 nitrogen and oxygen atoms in total. The highest BCUT2D eigenvalue weighted by Gasteiger charge is 2.33. The van der Waals surface area contributed by atoms with Crippen LogP contribution >= 0.6 is 0 Å². The van der Waals surface area contributed by atoms with Crippen molar-refractivity contribution in [3.8, 4) is 17.2 Å². The zero-order valence-corrected chi connectivity index (χ0v) is 17.6. The largest absolute Gasteiger partial charge is 0.493 e. The van der Waals surface area contributed by atoms with E-state index < -0.39 is 18.0 Å². The third-order valence-corrected chi connectivity index (χ3v) is 4.28. The quantitative estimate of drug-likeness (QED) is 0.477. The molecule has 1 aromatic carbocycles. The van der Waals surface area contributed by atoms with E-state index >= 15 is 0 Å². The monoisotopic (exact) mass is 408 g/mol. The summed E-state index contributed by atoms with van der Waals surface area (Å²) in [6.45, 7) is 5.82. The molecule has 0 aromatic heterocycles. The normalized spacial score (nSPS) is 16.2. The molecule has 9 heteroatoms. The molecular formula is C20H28N2O7. The molecule has 1 aromatic rings. The van der Waals surface area contributed by atoms with Crippen LogP contribution in [0.4, 0.5) is 4.79 Å². The highest BCUT2D eigenvalue weighted by Crippen LogP contribution is 2.41. The Bertz CT molecular complexity index is 764. The van der Waals surface area contributed by atoms with Gasteiger partial charge in [-0.15, -0.1) is 0 Å². The summed E-state index contributed by atoms with van der Waals surface area (Å²) in [5.41, 5.74) is 1.27. The summed E-state index contributed by atoms with van der Waals surface area (Å²) >= 11 is 0. The molecule has 0 bridgehead atoms. The van der Waals surface area contributed by atoms with Crippen LogP contribution in [-0.4, -0.2) is 52.6 Å². The Kier molecular flexibility index (Phi) is 7.72. The van der Waals surface area contributed by atoms with Gasteiger partial charge in [-0.05, 0) is 38.5 Å². The van der Waals surface area contributed by atoms with Crippen LogP contribution in [0.1, 0.15) is 32.4 Å². The highest BCUT2D eigenvalue weighted by atomic mass is 16.6. The van der Waals surface area contributed by atoms with Crippen molar-refractivity contribution in [2.24, 2.45) is 0 Å². The first-order valence-electron chi connectivity index (χ1n) is 9.19. The van der Waals surface area contributed by atoms with Crippen molar-refractivity contribution in [3.05, 3.63) is 29.0 Å². The van der Waals surface area contributed by atoms with E-state index in [2.05, 4.69) is 10.6 Å². The van der Waals surface area contributed by atoms with Crippen LogP contribution in [0, 0.1) is 0 Å². The maximum absolute atomic E-state index is 12.8. The summed E-state index contributed by atoms with van der Waals surface area (Å²) < 4.78 is 26.8. The van der Waals surface area contributed by atoms with Gasteiger partial charge in [0, 0.05) is 5.70 Å². The number of ether oxygens (including phenoxy) is 5. The smallest absolute Gasteiger partial charge is 0.338 e. The van der Waals surface area contributed by atoms with E-state index in [4.69, 9.17) is 23.7 Å². The van der Waals surface area contributed by atoms with Gasteiger partial charge < -0.3 is 34.3 Å². The number of hydrogen-bond acceptors (Lipinski definition) is 7. The number of rotatable bonds is 9. The lowest BCUT2D eigenvalue weighted by atomic mass is 9.95. The van der Waals surface area contributed by atoms with Gasteiger partial charge in [0.1, 0.15) is 6.61 Å². The predicted octanol–water partition coefficient (Wildman–Crippen LogP) is 2.31. The number of nitrogens with one attached hydrogen (secondary N) is 2. The second-order valence-corrected chi connectivity index (χ2v) is 6.58. The molecule has 0 saturated carbocycles. The van der Waals surface area contributed by atoms with Crippen molar-refractivity contribution in [2.75, 3.05) is 34.5 Å². The van der Waals surface area contributed by atoms with Gasteiger partial charge in [0.25, 0.3) is 0 Å². The second-order valence-electron chi connectivity index (χ2n) is 6.58. The van der Waals surface area contributed by atoms with Gasteiger partial charge >= 0.3 is 12.0 Å². The molecule has 2 rings (SSSR count). The SMILES string of the molecule is COc1cc([C@@H]2NC(=O)NC(C)=C2C(=O)OCCOC(C)C)cc(OC)c1OC. The van der Waals surface area contributed by atoms with Gasteiger partial charge in [-0.2, -0.15) is 0 Å². The first kappa shape index (κ1) is 22.4. The minimum atomic E-state index is -0.754. The number of carbonyl (C=O) groups excluding carboxylic acids is 2. The topological polar surface area (TPSA) is 104 Å². The number of hydrogen-bond donors (Lipinski definition) is 2. The van der Waals surface area contributed by atoms with Crippen molar-refractivity contribution in [2.45, 2.75) is 32.9 Å². The van der Waals surface area contributed by atoms with Crippen molar-refractivity contribution in [3.63, 3.8) is 0 Å². The van der Waals surface area contributed by atoms with E-state index in [1.807, 2.05) is 13.8 Å². The predicted molar refractivity (Wildman–Crippen MR) is 105 cm³/mol. The fourth-order valence-corrected chi connectivity index (χ4v) is 2.98. The van der Waals surface area contributed by atoms with E-state index in [0.717, 1.165) is 0 Å². The van der Waals surface area contributed by atoms with E-state index in [9.17, 15) is 9.59 Å². The lowest BCUT2D eigenvalue weighted by molar-refractivity contribution is -0.141. The number of allylic oxidation sites excluding steroid dienone is 1. The minimum absolute atomic E-state index is 0.0391. The Hall–Kier alpha value is -2.94. The average molecular weight is 408 g/mol. The fourth-order valence-electron chi connectivity index (χ4n) is 2.98. The van der Waals surface area contributed by atoms with Crippen LogP contribution in [0.2, 0.25) is 0 Å². The van der Waals surface area contributed by atoms with Crippen molar-refractivity contribution in [1.29, 1.82) is 0 Å². The Morgan fingerprint density at radius 1 is 1.07 bits per heavy atom. The van der Waals surface area contributed by atoms with Gasteiger partial charge in [-0.3, -0.25) is 0 Å². The van der Waals surface area contributed by atoms with Crippen LogP contribution in [0.25, 0.3) is 0 Å². The molecule has 2 N–H and O–H groups in total. The van der Waals surface area contributed by atoms with Gasteiger partial charge in [0.2, 0.25) is 5.75 Å². The Morgan fingerprint density at radius 2 is 1.69 bits per heavy atom. The second kappa shape index (κ2) is 10.0. The summed E-state index contributed by atoms with van der Waals surface area (Å²) in [5, 5.41) is 5.36. The summed E-state index contributed by atoms with van der Waals surface area (Å²) in [5.74, 6) is 0.673. The number of carbonyl (C=O) groups is 2. The van der Waals surface area contributed by atoms with Gasteiger partial charge in [0.15, 0.2) is 11.5 Å². The number of methoxy groups -OCH3 is 3. The molecule has 0 spiro atoms. The maximum atomic E-state index is 12.8. The molecule has 0 radical (unpaired) electrons. The molecule has 29 heavy (non-hydrogen) atoms. The maximum Gasteiger partial charge on any atom is 0.338 e. The van der Waals surface area contributed by atoms with Crippen molar-refractivity contribution >= 4 is 12.0 Å².